The minimum Gasteiger partial charge on any atom is -0.479 e. The Morgan fingerprint density at radius 3 is 2.75 bits per heavy atom. The van der Waals surface area contributed by atoms with Crippen LogP contribution >= 0.6 is 0 Å². The lowest BCUT2D eigenvalue weighted by molar-refractivity contribution is -0.139. The molecule has 0 saturated carbocycles. The maximum atomic E-state index is 10.9. The van der Waals surface area contributed by atoms with Crippen molar-refractivity contribution in [2.75, 3.05) is 0 Å². The van der Waals surface area contributed by atoms with Gasteiger partial charge in [-0.2, -0.15) is 5.26 Å². The number of pyridine rings is 1. The zero-order chi connectivity index (χ0) is 12.1. The lowest BCUT2D eigenvalue weighted by Gasteiger charge is -2.13. The molecule has 0 amide bonds. The normalized spacial score (nSPS) is 11.2. The number of aromatic nitrogens is 1. The first-order chi connectivity index (χ1) is 7.54. The number of nitrogens with one attached hydrogen (secondary N) is 2. The van der Waals surface area contributed by atoms with Crippen LogP contribution in [0, 0.1) is 16.7 Å². The predicted molar refractivity (Wildman–Crippen MR) is 54.4 cm³/mol. The van der Waals surface area contributed by atoms with Crippen molar-refractivity contribution in [1.82, 2.24) is 10.3 Å². The Kier molecular flexibility index (Phi) is 3.40. The van der Waals surface area contributed by atoms with Gasteiger partial charge in [0.2, 0.25) is 0 Å². The van der Waals surface area contributed by atoms with Gasteiger partial charge in [-0.3, -0.25) is 5.41 Å². The molecular weight excluding hydrogens is 210 g/mol. The highest BCUT2D eigenvalue weighted by molar-refractivity contribution is 5.83. The number of nitriles is 1. The molecule has 7 nitrogen and oxygen atoms in total. The number of carboxylic acid groups (broad SMARTS) is 1. The number of aliphatic carboxylic acids is 1. The molecule has 0 saturated heterocycles. The van der Waals surface area contributed by atoms with Crippen molar-refractivity contribution in [3.8, 4) is 6.07 Å². The second kappa shape index (κ2) is 4.75. The molecule has 82 valence electrons. The smallest absolute Gasteiger partial charge is 0.330 e. The largest absolute Gasteiger partial charge is 0.479 e. The van der Waals surface area contributed by atoms with E-state index in [1.807, 2.05) is 6.07 Å². The number of hydrogen-bond acceptors (Lipinski definition) is 4. The van der Waals surface area contributed by atoms with Crippen molar-refractivity contribution in [1.29, 1.82) is 10.7 Å². The molecule has 1 rings (SSSR count). The van der Waals surface area contributed by atoms with Crippen LogP contribution in [0.2, 0.25) is 0 Å². The van der Waals surface area contributed by atoms with Gasteiger partial charge >= 0.3 is 5.97 Å². The second-order valence-corrected chi connectivity index (χ2v) is 2.92. The monoisotopic (exact) mass is 219 g/mol. The third kappa shape index (κ3) is 2.68. The van der Waals surface area contributed by atoms with Gasteiger partial charge < -0.3 is 16.2 Å². The summed E-state index contributed by atoms with van der Waals surface area (Å²) >= 11 is 0. The van der Waals surface area contributed by atoms with Crippen LogP contribution in [-0.4, -0.2) is 22.0 Å². The lowest BCUT2D eigenvalue weighted by Crippen LogP contribution is -2.37. The molecule has 0 aromatic carbocycles. The molecule has 7 heteroatoms. The van der Waals surface area contributed by atoms with Crippen LogP contribution in [0.4, 0.5) is 0 Å². The predicted octanol–water partition coefficient (Wildman–Crippen LogP) is -0.438. The Morgan fingerprint density at radius 1 is 1.69 bits per heavy atom. The number of nitrogens with zero attached hydrogens (tertiary/aromatic N) is 2. The molecule has 0 bridgehead atoms. The van der Waals surface area contributed by atoms with E-state index in [9.17, 15) is 4.79 Å². The molecule has 0 radical (unpaired) electrons. The third-order valence-electron chi connectivity index (χ3n) is 1.78. The van der Waals surface area contributed by atoms with Crippen LogP contribution in [0.3, 0.4) is 0 Å². The van der Waals surface area contributed by atoms with E-state index in [0.29, 0.717) is 5.56 Å². The molecule has 0 fully saturated rings. The lowest BCUT2D eigenvalue weighted by atomic mass is 10.1. The van der Waals surface area contributed by atoms with E-state index in [0.717, 1.165) is 0 Å². The van der Waals surface area contributed by atoms with Gasteiger partial charge in [0, 0.05) is 11.8 Å². The summed E-state index contributed by atoms with van der Waals surface area (Å²) in [6.07, 6.45) is 1.26. The first kappa shape index (κ1) is 11.5. The fraction of sp³-hybridized carbons (Fsp3) is 0.111. The molecule has 0 spiro atoms. The standard InChI is InChI=1S/C9H9N5O2/c10-3-6-2-1-5(4-13-6)7(8(15)16)14-9(11)12/h1-2,4,7H,(H,15,16)(H4,11,12,14). The average molecular weight is 219 g/mol. The van der Waals surface area contributed by atoms with Gasteiger partial charge in [0.1, 0.15) is 11.8 Å². The van der Waals surface area contributed by atoms with Crippen molar-refractivity contribution in [3.63, 3.8) is 0 Å². The molecule has 1 atom stereocenters. The number of carbonyl (C=O) groups is 1. The van der Waals surface area contributed by atoms with E-state index in [2.05, 4.69) is 10.3 Å². The minimum atomic E-state index is -1.18. The van der Waals surface area contributed by atoms with Crippen molar-refractivity contribution in [3.05, 3.63) is 29.6 Å². The maximum Gasteiger partial charge on any atom is 0.330 e. The van der Waals surface area contributed by atoms with Crippen molar-refractivity contribution < 1.29 is 9.90 Å². The highest BCUT2D eigenvalue weighted by Gasteiger charge is 2.20. The molecule has 1 aromatic rings. The molecule has 1 unspecified atom stereocenters. The zero-order valence-electron chi connectivity index (χ0n) is 8.14. The summed E-state index contributed by atoms with van der Waals surface area (Å²) < 4.78 is 0. The average Bonchev–Trinajstić information content (AvgIpc) is 2.25. The number of nitrogens with two attached hydrogens (primary N) is 1. The Hall–Kier alpha value is -2.62. The highest BCUT2D eigenvalue weighted by Crippen LogP contribution is 2.11. The molecular formula is C9H9N5O2. The van der Waals surface area contributed by atoms with Gasteiger partial charge in [-0.25, -0.2) is 9.78 Å². The Labute approximate surface area is 91.0 Å². The SMILES string of the molecule is N#Cc1ccc(C(NC(=N)N)C(=O)O)cn1. The Balaban J connectivity index is 2.98. The van der Waals surface area contributed by atoms with E-state index in [1.54, 1.807) is 0 Å². The summed E-state index contributed by atoms with van der Waals surface area (Å²) in [6, 6.07) is 3.52. The summed E-state index contributed by atoms with van der Waals surface area (Å²) in [4.78, 5) is 14.6. The van der Waals surface area contributed by atoms with Crippen LogP contribution in [0.5, 0.6) is 0 Å². The molecule has 5 N–H and O–H groups in total. The van der Waals surface area contributed by atoms with Crippen LogP contribution in [0.1, 0.15) is 17.3 Å². The van der Waals surface area contributed by atoms with E-state index >= 15 is 0 Å². The number of carboxylic acids is 1. The van der Waals surface area contributed by atoms with Crippen LogP contribution in [0.25, 0.3) is 0 Å². The first-order valence-electron chi connectivity index (χ1n) is 4.24. The van der Waals surface area contributed by atoms with Gasteiger partial charge in [0.25, 0.3) is 0 Å². The van der Waals surface area contributed by atoms with E-state index in [4.69, 9.17) is 21.5 Å². The number of guanidine groups is 1. The van der Waals surface area contributed by atoms with E-state index < -0.39 is 18.0 Å². The van der Waals surface area contributed by atoms with E-state index in [1.165, 1.54) is 18.3 Å². The van der Waals surface area contributed by atoms with Crippen molar-refractivity contribution >= 4 is 11.9 Å². The minimum absolute atomic E-state index is 0.190. The van der Waals surface area contributed by atoms with Gasteiger partial charge in [0.15, 0.2) is 12.0 Å². The second-order valence-electron chi connectivity index (χ2n) is 2.92. The highest BCUT2D eigenvalue weighted by atomic mass is 16.4. The van der Waals surface area contributed by atoms with Gasteiger partial charge in [-0.05, 0) is 6.07 Å². The van der Waals surface area contributed by atoms with Crippen molar-refractivity contribution in [2.45, 2.75) is 6.04 Å². The summed E-state index contributed by atoms with van der Waals surface area (Å²) in [5, 5.41) is 26.7. The van der Waals surface area contributed by atoms with Gasteiger partial charge in [-0.15, -0.1) is 0 Å². The topological polar surface area (TPSA) is 136 Å². The molecule has 16 heavy (non-hydrogen) atoms. The quantitative estimate of drug-likeness (QED) is 0.402. The third-order valence-corrected chi connectivity index (χ3v) is 1.78. The van der Waals surface area contributed by atoms with Crippen LogP contribution in [0.15, 0.2) is 18.3 Å². The van der Waals surface area contributed by atoms with Crippen LogP contribution in [-0.2, 0) is 4.79 Å². The van der Waals surface area contributed by atoms with Crippen LogP contribution < -0.4 is 11.1 Å². The number of rotatable bonds is 3. The maximum absolute atomic E-state index is 10.9. The van der Waals surface area contributed by atoms with Gasteiger partial charge in [-0.1, -0.05) is 6.07 Å². The van der Waals surface area contributed by atoms with Gasteiger partial charge in [0.05, 0.1) is 0 Å². The molecule has 0 aliphatic rings. The first-order valence-corrected chi connectivity index (χ1v) is 4.24. The Bertz CT molecular complexity index is 448. The molecule has 0 aliphatic carbocycles. The fourth-order valence-electron chi connectivity index (χ4n) is 1.09. The summed E-state index contributed by atoms with van der Waals surface area (Å²) in [7, 11) is 0. The Morgan fingerprint density at radius 2 is 2.38 bits per heavy atom. The van der Waals surface area contributed by atoms with Crippen molar-refractivity contribution in [2.24, 2.45) is 5.73 Å². The van der Waals surface area contributed by atoms with E-state index in [-0.39, 0.29) is 5.69 Å². The number of hydrogen-bond donors (Lipinski definition) is 4. The summed E-state index contributed by atoms with van der Waals surface area (Å²) in [6.45, 7) is 0. The summed E-state index contributed by atoms with van der Waals surface area (Å²) in [5.41, 5.74) is 5.57. The molecule has 1 aromatic heterocycles. The fourth-order valence-corrected chi connectivity index (χ4v) is 1.09. The summed E-state index contributed by atoms with van der Waals surface area (Å²) in [5.74, 6) is -1.63. The molecule has 1 heterocycles. The molecule has 0 aliphatic heterocycles. The zero-order valence-corrected chi connectivity index (χ0v) is 8.14.